The molecule has 0 aliphatic rings. The highest BCUT2D eigenvalue weighted by Gasteiger charge is 2.38. The molecular weight excluding hydrogens is 579 g/mol. The monoisotopic (exact) mass is 596 g/mol. The lowest BCUT2D eigenvalue weighted by Gasteiger charge is -2.12. The summed E-state index contributed by atoms with van der Waals surface area (Å²) in [4.78, 5) is 12.5. The molecule has 0 unspecified atom stereocenters. The molecule has 0 aliphatic carbocycles. The number of esters is 1. The molecule has 0 atom stereocenters. The van der Waals surface area contributed by atoms with Gasteiger partial charge in [0.15, 0.2) is 0 Å². The largest absolute Gasteiger partial charge is 0.469 e. The summed E-state index contributed by atoms with van der Waals surface area (Å²) >= 11 is 0. The van der Waals surface area contributed by atoms with Crippen molar-refractivity contribution in [2.45, 2.75) is 13.1 Å². The molecule has 0 amide bonds. The van der Waals surface area contributed by atoms with Crippen molar-refractivity contribution in [3.8, 4) is 28.0 Å². The van der Waals surface area contributed by atoms with Crippen LogP contribution in [0.2, 0.25) is 0 Å². The predicted octanol–water partition coefficient (Wildman–Crippen LogP) is 9.42. The second-order valence-electron chi connectivity index (χ2n) is 8.64. The van der Waals surface area contributed by atoms with Crippen molar-refractivity contribution in [2.24, 2.45) is 0 Å². The summed E-state index contributed by atoms with van der Waals surface area (Å²) < 4.78 is 133. The average molecular weight is 596 g/mol. The van der Waals surface area contributed by atoms with E-state index in [0.29, 0.717) is 23.8 Å². The molecular formula is C30H17F9O3. The molecule has 4 rings (SSSR count). The van der Waals surface area contributed by atoms with Gasteiger partial charge in [-0.2, -0.15) is 22.0 Å². The number of carbonyl (C=O) groups is 1. The Bertz CT molecular complexity index is 1650. The molecule has 0 saturated heterocycles. The minimum atomic E-state index is -5.30. The second-order valence-corrected chi connectivity index (χ2v) is 8.64. The van der Waals surface area contributed by atoms with Gasteiger partial charge in [0.1, 0.15) is 34.6 Å². The van der Waals surface area contributed by atoms with Gasteiger partial charge in [-0.05, 0) is 60.0 Å². The zero-order valence-electron chi connectivity index (χ0n) is 21.3. The molecule has 0 fully saturated rings. The van der Waals surface area contributed by atoms with Crippen LogP contribution in [0, 0.1) is 23.3 Å². The number of hydrogen-bond donors (Lipinski definition) is 0. The van der Waals surface area contributed by atoms with Gasteiger partial charge in [-0.3, -0.25) is 0 Å². The van der Waals surface area contributed by atoms with Gasteiger partial charge >= 0.3 is 18.2 Å². The molecule has 0 bridgehead atoms. The Balaban J connectivity index is 1.51. The highest BCUT2D eigenvalue weighted by atomic mass is 19.4. The fourth-order valence-electron chi connectivity index (χ4n) is 3.93. The third-order valence-electron chi connectivity index (χ3n) is 5.89. The quantitative estimate of drug-likeness (QED) is 0.0923. The average Bonchev–Trinajstić information content (AvgIpc) is 2.91. The van der Waals surface area contributed by atoms with E-state index >= 15 is 0 Å². The van der Waals surface area contributed by atoms with E-state index in [1.54, 1.807) is 0 Å². The Hall–Kier alpha value is -4.74. The first-order valence-electron chi connectivity index (χ1n) is 12.0. The molecule has 218 valence electrons. The van der Waals surface area contributed by atoms with Gasteiger partial charge in [0.25, 0.3) is 0 Å². The van der Waals surface area contributed by atoms with Crippen LogP contribution in [0.15, 0.2) is 78.8 Å². The first kappa shape index (κ1) is 30.2. The normalized spacial score (nSPS) is 12.1. The van der Waals surface area contributed by atoms with Gasteiger partial charge in [0, 0.05) is 17.2 Å². The van der Waals surface area contributed by atoms with Crippen molar-refractivity contribution in [3.05, 3.63) is 119 Å². The number of hydrogen-bond acceptors (Lipinski definition) is 3. The molecule has 4 aromatic rings. The van der Waals surface area contributed by atoms with E-state index in [1.165, 1.54) is 37.3 Å². The maximum Gasteiger partial charge on any atom is 0.422 e. The minimum Gasteiger partial charge on any atom is -0.469 e. The number of rotatable bonds is 7. The summed E-state index contributed by atoms with van der Waals surface area (Å²) in [5.41, 5.74) is -3.13. The summed E-state index contributed by atoms with van der Waals surface area (Å²) in [6.45, 7) is 1.41. The standard InChI is InChI=1S/C30H17F9O3/c1-2-41-28(36)27(35)16-5-3-15(4-6-16)17-7-9-21(22(31)11-17)29(40)42-19-8-10-20(23(32)14-19)18-12-24(33)26(25(34)13-18)30(37,38)39/h3-14H,2H2,1H3. The highest BCUT2D eigenvalue weighted by molar-refractivity contribution is 5.92. The Labute approximate surface area is 232 Å². The summed E-state index contributed by atoms with van der Waals surface area (Å²) in [5, 5.41) is 0. The Morgan fingerprint density at radius 2 is 1.31 bits per heavy atom. The summed E-state index contributed by atoms with van der Waals surface area (Å²) in [5.74, 6) is -8.97. The smallest absolute Gasteiger partial charge is 0.422 e. The molecule has 42 heavy (non-hydrogen) atoms. The van der Waals surface area contributed by atoms with Crippen molar-refractivity contribution in [2.75, 3.05) is 6.61 Å². The van der Waals surface area contributed by atoms with E-state index in [2.05, 4.69) is 4.74 Å². The molecule has 0 aromatic heterocycles. The summed E-state index contributed by atoms with van der Waals surface area (Å²) in [6.07, 6.45) is -5.30. The summed E-state index contributed by atoms with van der Waals surface area (Å²) in [7, 11) is 0. The molecule has 0 saturated carbocycles. The number of ether oxygens (including phenoxy) is 2. The van der Waals surface area contributed by atoms with Gasteiger partial charge in [0.05, 0.1) is 12.2 Å². The maximum atomic E-state index is 14.8. The lowest BCUT2D eigenvalue weighted by Crippen LogP contribution is -2.12. The van der Waals surface area contributed by atoms with Crippen LogP contribution in [-0.2, 0) is 10.9 Å². The van der Waals surface area contributed by atoms with Gasteiger partial charge < -0.3 is 9.47 Å². The fraction of sp³-hybridized carbons (Fsp3) is 0.100. The fourth-order valence-corrected chi connectivity index (χ4v) is 3.93. The van der Waals surface area contributed by atoms with E-state index in [4.69, 9.17) is 4.74 Å². The summed E-state index contributed by atoms with van der Waals surface area (Å²) in [6, 6.07) is 10.5. The second kappa shape index (κ2) is 12.0. The van der Waals surface area contributed by atoms with Crippen LogP contribution in [-0.4, -0.2) is 12.6 Å². The first-order chi connectivity index (χ1) is 19.8. The minimum absolute atomic E-state index is 0.0726. The van der Waals surface area contributed by atoms with E-state index in [1.807, 2.05) is 0 Å². The zero-order valence-corrected chi connectivity index (χ0v) is 21.3. The third-order valence-corrected chi connectivity index (χ3v) is 5.89. The van der Waals surface area contributed by atoms with Gasteiger partial charge in [-0.25, -0.2) is 22.4 Å². The molecule has 0 spiro atoms. The van der Waals surface area contributed by atoms with Crippen LogP contribution < -0.4 is 4.74 Å². The number of alkyl halides is 3. The first-order valence-corrected chi connectivity index (χ1v) is 12.0. The van der Waals surface area contributed by atoms with Gasteiger partial charge in [-0.15, -0.1) is 0 Å². The molecule has 4 aromatic carbocycles. The molecule has 0 heterocycles. The SMILES string of the molecule is CCOC(F)=C(F)c1ccc(-c2ccc(C(=O)Oc3ccc(-c4cc(F)c(C(F)(F)F)c(F)c4)c(F)c3)c(F)c2)cc1. The van der Waals surface area contributed by atoms with Crippen LogP contribution >= 0.6 is 0 Å². The Kier molecular flexibility index (Phi) is 8.64. The van der Waals surface area contributed by atoms with Gasteiger partial charge in [-0.1, -0.05) is 30.3 Å². The maximum absolute atomic E-state index is 14.8. The molecule has 3 nitrogen and oxygen atoms in total. The number of carbonyl (C=O) groups excluding carboxylic acids is 1. The van der Waals surface area contributed by atoms with E-state index < -0.39 is 75.3 Å². The molecule has 0 radical (unpaired) electrons. The number of halogens is 9. The molecule has 12 heteroatoms. The lowest BCUT2D eigenvalue weighted by molar-refractivity contribution is -0.142. The van der Waals surface area contributed by atoms with E-state index in [-0.39, 0.29) is 17.7 Å². The van der Waals surface area contributed by atoms with Crippen LogP contribution in [0.25, 0.3) is 28.1 Å². The van der Waals surface area contributed by atoms with Crippen LogP contribution in [0.5, 0.6) is 5.75 Å². The van der Waals surface area contributed by atoms with Crippen LogP contribution in [0.1, 0.15) is 28.4 Å². The van der Waals surface area contributed by atoms with Crippen LogP contribution in [0.3, 0.4) is 0 Å². The van der Waals surface area contributed by atoms with Gasteiger partial charge in [0.2, 0.25) is 5.83 Å². The zero-order chi connectivity index (χ0) is 30.8. The molecule has 0 N–H and O–H groups in total. The van der Waals surface area contributed by atoms with Crippen molar-refractivity contribution < 1.29 is 53.8 Å². The van der Waals surface area contributed by atoms with Crippen LogP contribution in [0.4, 0.5) is 39.5 Å². The van der Waals surface area contributed by atoms with Crippen molar-refractivity contribution >= 4 is 11.8 Å². The topological polar surface area (TPSA) is 35.5 Å². The molecule has 0 aliphatic heterocycles. The van der Waals surface area contributed by atoms with Crippen molar-refractivity contribution in [3.63, 3.8) is 0 Å². The Morgan fingerprint density at radius 3 is 1.86 bits per heavy atom. The highest BCUT2D eigenvalue weighted by Crippen LogP contribution is 2.37. The van der Waals surface area contributed by atoms with Crippen molar-refractivity contribution in [1.82, 2.24) is 0 Å². The van der Waals surface area contributed by atoms with E-state index in [9.17, 15) is 44.3 Å². The predicted molar refractivity (Wildman–Crippen MR) is 134 cm³/mol. The third kappa shape index (κ3) is 6.42. The number of benzene rings is 4. The van der Waals surface area contributed by atoms with E-state index in [0.717, 1.165) is 24.3 Å². The van der Waals surface area contributed by atoms with Crippen molar-refractivity contribution in [1.29, 1.82) is 0 Å². The Morgan fingerprint density at radius 1 is 0.714 bits per heavy atom. The lowest BCUT2D eigenvalue weighted by atomic mass is 10.0.